The van der Waals surface area contributed by atoms with Gasteiger partial charge in [0.25, 0.3) is 0 Å². The van der Waals surface area contributed by atoms with Gasteiger partial charge in [-0.3, -0.25) is 0 Å². The molecule has 0 aliphatic carbocycles. The zero-order chi connectivity index (χ0) is 14.8. The number of likely N-dealkylation sites (N-methyl/N-ethyl adjacent to an activating group) is 1. The van der Waals surface area contributed by atoms with Crippen LogP contribution in [-0.2, 0) is 6.42 Å². The van der Waals surface area contributed by atoms with Crippen molar-refractivity contribution in [1.29, 1.82) is 0 Å². The first kappa shape index (κ1) is 14.8. The fraction of sp³-hybridized carbons (Fsp3) is 0.188. The fourth-order valence-electron chi connectivity index (χ4n) is 2.33. The number of nitrogens with zero attached hydrogens (tertiary/aromatic N) is 1. The Morgan fingerprint density at radius 1 is 1.19 bits per heavy atom. The van der Waals surface area contributed by atoms with Gasteiger partial charge in [0.2, 0.25) is 0 Å². The van der Waals surface area contributed by atoms with Crippen LogP contribution in [0.15, 0.2) is 55.8 Å². The maximum Gasteiger partial charge on any atom is 0.197 e. The molecule has 0 radical (unpaired) electrons. The van der Waals surface area contributed by atoms with Crippen LogP contribution in [0.4, 0.5) is 0 Å². The van der Waals surface area contributed by atoms with Gasteiger partial charge in [-0.2, -0.15) is 0 Å². The van der Waals surface area contributed by atoms with Crippen molar-refractivity contribution in [3.63, 3.8) is 0 Å². The standard InChI is InChI=1S/C16H14Br2N2O/c1-19-14(11-7-6-10(17)8-12(11)18)9-16-20-13-4-2-3-5-15(13)21-16/h2-8,14,19H,9H2,1H3. The second-order valence-electron chi connectivity index (χ2n) is 4.79. The molecule has 0 fully saturated rings. The van der Waals surface area contributed by atoms with Crippen molar-refractivity contribution in [3.8, 4) is 0 Å². The molecule has 2 aromatic carbocycles. The largest absolute Gasteiger partial charge is 0.441 e. The summed E-state index contributed by atoms with van der Waals surface area (Å²) >= 11 is 7.09. The maximum atomic E-state index is 5.81. The molecule has 0 saturated carbocycles. The molecule has 3 rings (SSSR count). The Labute approximate surface area is 140 Å². The van der Waals surface area contributed by atoms with E-state index < -0.39 is 0 Å². The van der Waals surface area contributed by atoms with Crippen molar-refractivity contribution in [2.24, 2.45) is 0 Å². The van der Waals surface area contributed by atoms with Crippen LogP contribution in [0, 0.1) is 0 Å². The minimum absolute atomic E-state index is 0.139. The number of benzene rings is 2. The summed E-state index contributed by atoms with van der Waals surface area (Å²) in [5, 5.41) is 3.33. The molecule has 1 unspecified atom stereocenters. The molecule has 0 bridgehead atoms. The van der Waals surface area contributed by atoms with Crippen LogP contribution in [0.3, 0.4) is 0 Å². The van der Waals surface area contributed by atoms with Crippen LogP contribution >= 0.6 is 31.9 Å². The fourth-order valence-corrected chi connectivity index (χ4v) is 3.66. The minimum Gasteiger partial charge on any atom is -0.441 e. The molecule has 0 aliphatic rings. The van der Waals surface area contributed by atoms with Gasteiger partial charge in [0, 0.05) is 21.4 Å². The quantitative estimate of drug-likeness (QED) is 0.668. The summed E-state index contributed by atoms with van der Waals surface area (Å²) in [5.74, 6) is 0.741. The van der Waals surface area contributed by atoms with Crippen LogP contribution in [0.5, 0.6) is 0 Å². The van der Waals surface area contributed by atoms with Gasteiger partial charge in [-0.25, -0.2) is 4.98 Å². The lowest BCUT2D eigenvalue weighted by atomic mass is 10.0. The number of fused-ring (bicyclic) bond motifs is 1. The zero-order valence-corrected chi connectivity index (χ0v) is 14.6. The number of rotatable bonds is 4. The van der Waals surface area contributed by atoms with E-state index in [1.165, 1.54) is 5.56 Å². The second-order valence-corrected chi connectivity index (χ2v) is 6.56. The summed E-state index contributed by atoms with van der Waals surface area (Å²) in [6.45, 7) is 0. The monoisotopic (exact) mass is 408 g/mol. The summed E-state index contributed by atoms with van der Waals surface area (Å²) in [5.41, 5.74) is 2.91. The third kappa shape index (κ3) is 3.20. The predicted molar refractivity (Wildman–Crippen MR) is 91.4 cm³/mol. The number of aromatic nitrogens is 1. The number of para-hydroxylation sites is 2. The molecule has 3 aromatic rings. The van der Waals surface area contributed by atoms with Crippen LogP contribution in [-0.4, -0.2) is 12.0 Å². The van der Waals surface area contributed by atoms with Crippen LogP contribution < -0.4 is 5.32 Å². The van der Waals surface area contributed by atoms with Gasteiger partial charge in [-0.05, 0) is 36.9 Å². The van der Waals surface area contributed by atoms with Gasteiger partial charge >= 0.3 is 0 Å². The highest BCUT2D eigenvalue weighted by atomic mass is 79.9. The molecule has 108 valence electrons. The van der Waals surface area contributed by atoms with Gasteiger partial charge in [0.05, 0.1) is 0 Å². The molecule has 1 N–H and O–H groups in total. The van der Waals surface area contributed by atoms with Crippen LogP contribution in [0.2, 0.25) is 0 Å². The zero-order valence-electron chi connectivity index (χ0n) is 11.4. The van der Waals surface area contributed by atoms with Crippen molar-refractivity contribution in [2.45, 2.75) is 12.5 Å². The van der Waals surface area contributed by atoms with Crippen molar-refractivity contribution >= 4 is 43.0 Å². The van der Waals surface area contributed by atoms with Gasteiger partial charge in [-0.15, -0.1) is 0 Å². The van der Waals surface area contributed by atoms with Crippen molar-refractivity contribution in [1.82, 2.24) is 10.3 Å². The van der Waals surface area contributed by atoms with Gasteiger partial charge < -0.3 is 9.73 Å². The van der Waals surface area contributed by atoms with Gasteiger partial charge in [0.15, 0.2) is 11.5 Å². The predicted octanol–water partition coefficient (Wildman–Crippen LogP) is 4.86. The molecule has 1 aromatic heterocycles. The van der Waals surface area contributed by atoms with Crippen LogP contribution in [0.25, 0.3) is 11.1 Å². The molecule has 1 heterocycles. The molecule has 0 spiro atoms. The van der Waals surface area contributed by atoms with Gasteiger partial charge in [0.1, 0.15) is 5.52 Å². The first-order valence-corrected chi connectivity index (χ1v) is 8.22. The van der Waals surface area contributed by atoms with E-state index in [0.717, 1.165) is 25.9 Å². The molecular weight excluding hydrogens is 396 g/mol. The molecule has 1 atom stereocenters. The van der Waals surface area contributed by atoms with E-state index in [1.54, 1.807) is 0 Å². The summed E-state index contributed by atoms with van der Waals surface area (Å²) in [6, 6.07) is 14.1. The summed E-state index contributed by atoms with van der Waals surface area (Å²) in [7, 11) is 1.95. The average Bonchev–Trinajstić information content (AvgIpc) is 2.87. The topological polar surface area (TPSA) is 38.1 Å². The number of halogens is 2. The maximum absolute atomic E-state index is 5.81. The van der Waals surface area contributed by atoms with Crippen molar-refractivity contribution in [3.05, 3.63) is 62.9 Å². The number of oxazole rings is 1. The lowest BCUT2D eigenvalue weighted by Crippen LogP contribution is -2.19. The van der Waals surface area contributed by atoms with E-state index in [4.69, 9.17) is 4.42 Å². The Hall–Kier alpha value is -1.17. The lowest BCUT2D eigenvalue weighted by Gasteiger charge is -2.16. The third-order valence-corrected chi connectivity index (χ3v) is 4.58. The average molecular weight is 410 g/mol. The minimum atomic E-state index is 0.139. The van der Waals surface area contributed by atoms with E-state index in [1.807, 2.05) is 43.4 Å². The highest BCUT2D eigenvalue weighted by Gasteiger charge is 2.17. The third-order valence-electron chi connectivity index (χ3n) is 3.40. The van der Waals surface area contributed by atoms with Crippen molar-refractivity contribution in [2.75, 3.05) is 7.05 Å². The molecule has 0 saturated heterocycles. The Bertz CT molecular complexity index is 737. The van der Waals surface area contributed by atoms with E-state index >= 15 is 0 Å². The molecule has 0 amide bonds. The Morgan fingerprint density at radius 3 is 2.71 bits per heavy atom. The first-order chi connectivity index (χ1) is 10.2. The number of hydrogen-bond acceptors (Lipinski definition) is 3. The molecular formula is C16H14Br2N2O. The molecule has 5 heteroatoms. The number of nitrogens with one attached hydrogen (secondary N) is 1. The summed E-state index contributed by atoms with van der Waals surface area (Å²) in [4.78, 5) is 4.54. The highest BCUT2D eigenvalue weighted by Crippen LogP contribution is 2.29. The first-order valence-electron chi connectivity index (χ1n) is 6.64. The Balaban J connectivity index is 1.90. The lowest BCUT2D eigenvalue weighted by molar-refractivity contribution is 0.473. The second kappa shape index (κ2) is 6.30. The Morgan fingerprint density at radius 2 is 2.00 bits per heavy atom. The van der Waals surface area contributed by atoms with Gasteiger partial charge in [-0.1, -0.05) is 50.1 Å². The molecule has 3 nitrogen and oxygen atoms in total. The normalized spacial score (nSPS) is 12.7. The number of hydrogen-bond donors (Lipinski definition) is 1. The summed E-state index contributed by atoms with van der Waals surface area (Å²) < 4.78 is 7.92. The summed E-state index contributed by atoms with van der Waals surface area (Å²) in [6.07, 6.45) is 0.700. The molecule has 0 aliphatic heterocycles. The smallest absolute Gasteiger partial charge is 0.197 e. The Kier molecular flexibility index (Phi) is 4.42. The van der Waals surface area contributed by atoms with E-state index in [2.05, 4.69) is 48.2 Å². The molecule has 21 heavy (non-hydrogen) atoms. The van der Waals surface area contributed by atoms with E-state index in [-0.39, 0.29) is 6.04 Å². The van der Waals surface area contributed by atoms with Crippen LogP contribution in [0.1, 0.15) is 17.5 Å². The SMILES string of the molecule is CNC(Cc1nc2ccccc2o1)c1ccc(Br)cc1Br. The van der Waals surface area contributed by atoms with Crippen molar-refractivity contribution < 1.29 is 4.42 Å². The van der Waals surface area contributed by atoms with E-state index in [9.17, 15) is 0 Å². The highest BCUT2D eigenvalue weighted by molar-refractivity contribution is 9.11. The van der Waals surface area contributed by atoms with E-state index in [0.29, 0.717) is 6.42 Å².